The van der Waals surface area contributed by atoms with Crippen LogP contribution in [0.3, 0.4) is 0 Å². The van der Waals surface area contributed by atoms with Crippen LogP contribution in [0, 0.1) is 0 Å². The molecule has 1 aromatic heterocycles. The molecule has 0 amide bonds. The van der Waals surface area contributed by atoms with Crippen molar-refractivity contribution >= 4 is 5.69 Å². The molecule has 1 aromatic carbocycles. The van der Waals surface area contributed by atoms with Gasteiger partial charge in [0.1, 0.15) is 6.33 Å². The van der Waals surface area contributed by atoms with Gasteiger partial charge in [0, 0.05) is 19.3 Å². The number of nitrogens with one attached hydrogen (secondary N) is 1. The zero-order valence-corrected chi connectivity index (χ0v) is 9.22. The molecule has 0 saturated carbocycles. The van der Waals surface area contributed by atoms with E-state index in [2.05, 4.69) is 15.4 Å². The molecule has 5 heteroatoms. The van der Waals surface area contributed by atoms with Crippen molar-refractivity contribution in [1.29, 1.82) is 0 Å². The number of nitrogens with two attached hydrogens (primary N) is 1. The summed E-state index contributed by atoms with van der Waals surface area (Å²) in [6, 6.07) is 7.82. The van der Waals surface area contributed by atoms with Gasteiger partial charge in [-0.05, 0) is 11.6 Å². The van der Waals surface area contributed by atoms with Crippen LogP contribution < -0.4 is 11.1 Å². The number of nitrogen functional groups attached to an aromatic ring is 1. The minimum atomic E-state index is 0.648. The monoisotopic (exact) mass is 217 g/mol. The Labute approximate surface area is 94.3 Å². The topological polar surface area (TPSA) is 68.8 Å². The lowest BCUT2D eigenvalue weighted by Crippen LogP contribution is -2.15. The van der Waals surface area contributed by atoms with Gasteiger partial charge in [-0.2, -0.15) is 5.10 Å². The number of hydrogen-bond acceptors (Lipinski definition) is 4. The highest BCUT2D eigenvalue weighted by atomic mass is 15.3. The third kappa shape index (κ3) is 2.58. The highest BCUT2D eigenvalue weighted by Gasteiger charge is 2.00. The molecule has 84 valence electrons. The Bertz CT molecular complexity index is 463. The summed E-state index contributed by atoms with van der Waals surface area (Å²) in [7, 11) is 1.85. The molecule has 5 nitrogen and oxygen atoms in total. The van der Waals surface area contributed by atoms with Gasteiger partial charge in [0.15, 0.2) is 5.82 Å². The zero-order valence-electron chi connectivity index (χ0n) is 9.22. The summed E-state index contributed by atoms with van der Waals surface area (Å²) in [4.78, 5) is 4.13. The van der Waals surface area contributed by atoms with E-state index in [0.29, 0.717) is 6.54 Å². The van der Waals surface area contributed by atoms with Gasteiger partial charge in [-0.15, -0.1) is 0 Å². The predicted octanol–water partition coefficient (Wildman–Crippen LogP) is 0.687. The predicted molar refractivity (Wildman–Crippen MR) is 62.4 cm³/mol. The molecule has 0 radical (unpaired) electrons. The minimum absolute atomic E-state index is 0.648. The molecule has 0 saturated heterocycles. The number of aryl methyl sites for hydroxylation is 1. The van der Waals surface area contributed by atoms with Crippen LogP contribution in [-0.2, 0) is 20.1 Å². The Morgan fingerprint density at radius 3 is 2.81 bits per heavy atom. The smallest absolute Gasteiger partial charge is 0.164 e. The number of benzene rings is 1. The van der Waals surface area contributed by atoms with E-state index in [1.54, 1.807) is 11.0 Å². The van der Waals surface area contributed by atoms with Crippen LogP contribution >= 0.6 is 0 Å². The van der Waals surface area contributed by atoms with Crippen LogP contribution in [-0.4, -0.2) is 14.8 Å². The number of aromatic nitrogens is 3. The van der Waals surface area contributed by atoms with Gasteiger partial charge in [-0.3, -0.25) is 4.68 Å². The molecule has 0 bridgehead atoms. The van der Waals surface area contributed by atoms with E-state index in [0.717, 1.165) is 23.6 Å². The maximum atomic E-state index is 5.83. The molecular weight excluding hydrogens is 202 g/mol. The van der Waals surface area contributed by atoms with Crippen molar-refractivity contribution in [2.45, 2.75) is 13.1 Å². The molecule has 16 heavy (non-hydrogen) atoms. The average Bonchev–Trinajstić information content (AvgIpc) is 2.67. The SMILES string of the molecule is Cn1cnc(CNCc2ccccc2N)n1. The van der Waals surface area contributed by atoms with Crippen molar-refractivity contribution in [2.24, 2.45) is 7.05 Å². The minimum Gasteiger partial charge on any atom is -0.398 e. The molecule has 0 aliphatic heterocycles. The second-order valence-corrected chi connectivity index (χ2v) is 3.64. The van der Waals surface area contributed by atoms with Gasteiger partial charge >= 0.3 is 0 Å². The lowest BCUT2D eigenvalue weighted by Gasteiger charge is -2.05. The highest BCUT2D eigenvalue weighted by Crippen LogP contribution is 2.09. The Kier molecular flexibility index (Phi) is 3.16. The van der Waals surface area contributed by atoms with E-state index in [1.165, 1.54) is 0 Å². The Hall–Kier alpha value is -1.88. The third-order valence-electron chi connectivity index (χ3n) is 2.30. The van der Waals surface area contributed by atoms with Crippen molar-refractivity contribution < 1.29 is 0 Å². The van der Waals surface area contributed by atoms with E-state index in [-0.39, 0.29) is 0 Å². The van der Waals surface area contributed by atoms with Crippen LogP contribution in [0.15, 0.2) is 30.6 Å². The molecule has 2 rings (SSSR count). The maximum Gasteiger partial charge on any atom is 0.164 e. The van der Waals surface area contributed by atoms with Crippen LogP contribution in [0.25, 0.3) is 0 Å². The largest absolute Gasteiger partial charge is 0.398 e. The van der Waals surface area contributed by atoms with Gasteiger partial charge in [-0.25, -0.2) is 4.98 Å². The van der Waals surface area contributed by atoms with Crippen LogP contribution in [0.4, 0.5) is 5.69 Å². The normalized spacial score (nSPS) is 10.6. The van der Waals surface area contributed by atoms with E-state index in [9.17, 15) is 0 Å². The summed E-state index contributed by atoms with van der Waals surface area (Å²) < 4.78 is 1.69. The number of nitrogens with zero attached hydrogens (tertiary/aromatic N) is 3. The molecule has 0 atom stereocenters. The van der Waals surface area contributed by atoms with Crippen molar-refractivity contribution in [3.8, 4) is 0 Å². The Morgan fingerprint density at radius 2 is 2.12 bits per heavy atom. The first-order chi connectivity index (χ1) is 7.75. The van der Waals surface area contributed by atoms with Gasteiger partial charge in [0.2, 0.25) is 0 Å². The van der Waals surface area contributed by atoms with Crippen LogP contribution in [0.2, 0.25) is 0 Å². The van der Waals surface area contributed by atoms with E-state index < -0.39 is 0 Å². The fraction of sp³-hybridized carbons (Fsp3) is 0.273. The second-order valence-electron chi connectivity index (χ2n) is 3.64. The van der Waals surface area contributed by atoms with E-state index in [1.807, 2.05) is 31.3 Å². The fourth-order valence-electron chi connectivity index (χ4n) is 1.47. The lowest BCUT2D eigenvalue weighted by molar-refractivity contribution is 0.650. The molecule has 2 aromatic rings. The Balaban J connectivity index is 1.87. The zero-order chi connectivity index (χ0) is 11.4. The molecule has 0 fully saturated rings. The summed E-state index contributed by atoms with van der Waals surface area (Å²) in [6.07, 6.45) is 1.69. The molecule has 0 spiro atoms. The summed E-state index contributed by atoms with van der Waals surface area (Å²) in [5, 5.41) is 7.43. The summed E-state index contributed by atoms with van der Waals surface area (Å²) in [5.41, 5.74) is 7.73. The lowest BCUT2D eigenvalue weighted by atomic mass is 10.2. The van der Waals surface area contributed by atoms with Crippen LogP contribution in [0.1, 0.15) is 11.4 Å². The maximum absolute atomic E-state index is 5.83. The number of hydrogen-bond donors (Lipinski definition) is 2. The molecule has 0 unspecified atom stereocenters. The Morgan fingerprint density at radius 1 is 1.31 bits per heavy atom. The first-order valence-corrected chi connectivity index (χ1v) is 5.14. The van der Waals surface area contributed by atoms with Crippen molar-refractivity contribution in [1.82, 2.24) is 20.1 Å². The number of anilines is 1. The standard InChI is InChI=1S/C11H15N5/c1-16-8-14-11(15-16)7-13-6-9-4-2-3-5-10(9)12/h2-5,8,13H,6-7,12H2,1H3. The molecular formula is C11H15N5. The summed E-state index contributed by atoms with van der Waals surface area (Å²) in [6.45, 7) is 1.38. The van der Waals surface area contributed by atoms with E-state index in [4.69, 9.17) is 5.73 Å². The van der Waals surface area contributed by atoms with Gasteiger partial charge in [0.05, 0.1) is 6.54 Å². The molecule has 1 heterocycles. The van der Waals surface area contributed by atoms with Crippen molar-refractivity contribution in [3.63, 3.8) is 0 Å². The average molecular weight is 217 g/mol. The molecule has 0 aliphatic carbocycles. The first kappa shape index (κ1) is 10.6. The first-order valence-electron chi connectivity index (χ1n) is 5.14. The third-order valence-corrected chi connectivity index (χ3v) is 2.30. The summed E-state index contributed by atoms with van der Waals surface area (Å²) in [5.74, 6) is 0.789. The number of rotatable bonds is 4. The second kappa shape index (κ2) is 4.76. The van der Waals surface area contributed by atoms with Gasteiger partial charge < -0.3 is 11.1 Å². The van der Waals surface area contributed by atoms with E-state index >= 15 is 0 Å². The van der Waals surface area contributed by atoms with Gasteiger partial charge in [-0.1, -0.05) is 18.2 Å². The van der Waals surface area contributed by atoms with Gasteiger partial charge in [0.25, 0.3) is 0 Å². The van der Waals surface area contributed by atoms with Crippen molar-refractivity contribution in [2.75, 3.05) is 5.73 Å². The quantitative estimate of drug-likeness (QED) is 0.739. The molecule has 3 N–H and O–H groups in total. The molecule has 0 aliphatic rings. The van der Waals surface area contributed by atoms with Crippen molar-refractivity contribution in [3.05, 3.63) is 42.0 Å². The fourth-order valence-corrected chi connectivity index (χ4v) is 1.47. The highest BCUT2D eigenvalue weighted by molar-refractivity contribution is 5.46. The summed E-state index contributed by atoms with van der Waals surface area (Å²) >= 11 is 0. The van der Waals surface area contributed by atoms with Crippen LogP contribution in [0.5, 0.6) is 0 Å². The number of para-hydroxylation sites is 1.